The van der Waals surface area contributed by atoms with Crippen molar-refractivity contribution in [2.75, 3.05) is 44.2 Å². The van der Waals surface area contributed by atoms with E-state index in [2.05, 4.69) is 10.6 Å². The predicted octanol–water partition coefficient (Wildman–Crippen LogP) is 2.49. The van der Waals surface area contributed by atoms with Crippen molar-refractivity contribution in [3.05, 3.63) is 54.1 Å². The van der Waals surface area contributed by atoms with E-state index >= 15 is 0 Å². The first-order valence-electron chi connectivity index (χ1n) is 12.9. The zero-order valence-electron chi connectivity index (χ0n) is 22.6. The fourth-order valence-electron chi connectivity index (χ4n) is 4.27. The van der Waals surface area contributed by atoms with Crippen molar-refractivity contribution in [3.63, 3.8) is 0 Å². The molecule has 0 radical (unpaired) electrons. The van der Waals surface area contributed by atoms with Crippen molar-refractivity contribution in [2.45, 2.75) is 44.9 Å². The fraction of sp³-hybridized carbons (Fsp3) is 0.464. The summed E-state index contributed by atoms with van der Waals surface area (Å²) in [6, 6.07) is 13.1. The molecular formula is C28H37N3O7S. The Morgan fingerprint density at radius 2 is 1.67 bits per heavy atom. The van der Waals surface area contributed by atoms with Crippen LogP contribution in [0.3, 0.4) is 0 Å². The number of rotatable bonds is 14. The monoisotopic (exact) mass is 559 g/mol. The van der Waals surface area contributed by atoms with Gasteiger partial charge in [-0.15, -0.1) is 0 Å². The van der Waals surface area contributed by atoms with Gasteiger partial charge in [0.05, 0.1) is 20.3 Å². The first-order valence-corrected chi connectivity index (χ1v) is 14.4. The van der Waals surface area contributed by atoms with E-state index in [0.29, 0.717) is 36.8 Å². The Morgan fingerprint density at radius 1 is 1.03 bits per heavy atom. The van der Waals surface area contributed by atoms with Gasteiger partial charge in [-0.1, -0.05) is 19.1 Å². The lowest BCUT2D eigenvalue weighted by molar-refractivity contribution is -0.139. The van der Waals surface area contributed by atoms with Gasteiger partial charge in [-0.2, -0.15) is 0 Å². The molecule has 212 valence electrons. The van der Waals surface area contributed by atoms with E-state index in [4.69, 9.17) is 14.2 Å². The minimum atomic E-state index is -1.78. The molecule has 2 N–H and O–H groups in total. The summed E-state index contributed by atoms with van der Waals surface area (Å²) in [6.07, 6.45) is 2.17. The van der Waals surface area contributed by atoms with Crippen LogP contribution in [0.1, 0.15) is 31.7 Å². The van der Waals surface area contributed by atoms with Crippen LogP contribution in [0.25, 0.3) is 0 Å². The highest BCUT2D eigenvalue weighted by Gasteiger charge is 2.30. The Bertz CT molecular complexity index is 1120. The summed E-state index contributed by atoms with van der Waals surface area (Å²) in [5.41, 5.74) is 1.32. The summed E-state index contributed by atoms with van der Waals surface area (Å²) < 4.78 is 28.7. The van der Waals surface area contributed by atoms with Crippen LogP contribution in [0.2, 0.25) is 0 Å². The second-order valence-corrected chi connectivity index (χ2v) is 10.6. The number of carbonyl (C=O) groups is 3. The Kier molecular flexibility index (Phi) is 11.8. The van der Waals surface area contributed by atoms with Gasteiger partial charge in [0.2, 0.25) is 17.7 Å². The maximum absolute atomic E-state index is 13.4. The van der Waals surface area contributed by atoms with Crippen LogP contribution in [0, 0.1) is 0 Å². The molecule has 10 nitrogen and oxygen atoms in total. The summed E-state index contributed by atoms with van der Waals surface area (Å²) in [4.78, 5) is 40.4. The lowest BCUT2D eigenvalue weighted by Gasteiger charge is -2.31. The molecule has 11 heteroatoms. The van der Waals surface area contributed by atoms with Gasteiger partial charge in [0.15, 0.2) is 0 Å². The minimum Gasteiger partial charge on any atom is -0.497 e. The average Bonchev–Trinajstić information content (AvgIpc) is 3.46. The summed E-state index contributed by atoms with van der Waals surface area (Å²) in [5.74, 6) is -0.670. The second-order valence-electron chi connectivity index (χ2n) is 9.18. The molecule has 0 spiro atoms. The maximum atomic E-state index is 13.4. The third kappa shape index (κ3) is 9.36. The fourth-order valence-corrected chi connectivity index (χ4v) is 5.18. The number of ether oxygens (including phenoxy) is 3. The molecular weight excluding hydrogens is 522 g/mol. The van der Waals surface area contributed by atoms with E-state index in [0.717, 1.165) is 18.4 Å². The molecule has 1 fully saturated rings. The zero-order valence-corrected chi connectivity index (χ0v) is 23.5. The Morgan fingerprint density at radius 3 is 2.23 bits per heavy atom. The highest BCUT2D eigenvalue weighted by molar-refractivity contribution is 7.86. The Hall–Kier alpha value is -3.44. The van der Waals surface area contributed by atoms with E-state index < -0.39 is 28.7 Å². The summed E-state index contributed by atoms with van der Waals surface area (Å²) in [7, 11) is 1.33. The molecule has 1 aliphatic heterocycles. The van der Waals surface area contributed by atoms with Crippen LogP contribution in [0.4, 0.5) is 5.69 Å². The van der Waals surface area contributed by atoms with E-state index in [9.17, 15) is 18.6 Å². The molecule has 39 heavy (non-hydrogen) atoms. The highest BCUT2D eigenvalue weighted by atomic mass is 32.2. The molecule has 0 saturated carbocycles. The molecule has 2 aromatic rings. The van der Waals surface area contributed by atoms with Crippen molar-refractivity contribution in [1.82, 2.24) is 10.2 Å². The molecule has 1 heterocycles. The quantitative estimate of drug-likeness (QED) is 0.365. The third-order valence-corrected chi connectivity index (χ3v) is 7.53. The minimum absolute atomic E-state index is 0.0334. The largest absolute Gasteiger partial charge is 0.497 e. The lowest BCUT2D eigenvalue weighted by Crippen LogP contribution is -2.51. The number of methoxy groups -OCH3 is 2. The Labute approximate surface area is 231 Å². The number of hydrogen-bond donors (Lipinski definition) is 2. The molecule has 3 amide bonds. The average molecular weight is 560 g/mol. The number of amides is 3. The lowest BCUT2D eigenvalue weighted by atomic mass is 10.1. The van der Waals surface area contributed by atoms with Crippen LogP contribution >= 0.6 is 0 Å². The number of hydrogen-bond acceptors (Lipinski definition) is 7. The molecule has 1 aliphatic rings. The van der Waals surface area contributed by atoms with Crippen LogP contribution < -0.4 is 20.1 Å². The molecule has 0 unspecified atom stereocenters. The van der Waals surface area contributed by atoms with Gasteiger partial charge in [-0.05, 0) is 61.2 Å². The van der Waals surface area contributed by atoms with Gasteiger partial charge in [0.25, 0.3) is 0 Å². The van der Waals surface area contributed by atoms with Crippen LogP contribution in [0.5, 0.6) is 11.5 Å². The second kappa shape index (κ2) is 15.2. The van der Waals surface area contributed by atoms with Gasteiger partial charge in [0.1, 0.15) is 29.0 Å². The van der Waals surface area contributed by atoms with Crippen LogP contribution in [-0.2, 0) is 36.5 Å². The first-order chi connectivity index (χ1) is 18.8. The number of carbonyl (C=O) groups excluding carboxylic acids is 3. The molecule has 1 saturated heterocycles. The number of anilines is 1. The standard InChI is InChI=1S/C28H37N3O7S/c1-4-25(28(34)29-16-24-6-5-15-38-24)31(17-20-7-11-22(36-2)12-8-20)27(33)19-39(35)18-26(32)30-21-9-13-23(37-3)14-10-21/h7-14,24-25H,4-6,15-19H2,1-3H3,(H,29,34)(H,30,32)/t24-,25+,39+/m1/s1. The van der Waals surface area contributed by atoms with Gasteiger partial charge in [0, 0.05) is 36.2 Å². The van der Waals surface area contributed by atoms with E-state index in [-0.39, 0.29) is 30.1 Å². The van der Waals surface area contributed by atoms with Gasteiger partial charge < -0.3 is 29.7 Å². The van der Waals surface area contributed by atoms with E-state index in [1.807, 2.05) is 19.1 Å². The predicted molar refractivity (Wildman–Crippen MR) is 149 cm³/mol. The molecule has 3 atom stereocenters. The van der Waals surface area contributed by atoms with E-state index in [1.165, 1.54) is 4.90 Å². The molecule has 3 rings (SSSR count). The van der Waals surface area contributed by atoms with Crippen molar-refractivity contribution < 1.29 is 32.8 Å². The molecule has 2 aromatic carbocycles. The maximum Gasteiger partial charge on any atom is 0.242 e. The number of benzene rings is 2. The Balaban J connectivity index is 1.66. The van der Waals surface area contributed by atoms with Crippen molar-refractivity contribution in [3.8, 4) is 11.5 Å². The first kappa shape index (κ1) is 30.1. The van der Waals surface area contributed by atoms with Crippen molar-refractivity contribution in [1.29, 1.82) is 0 Å². The SMILES string of the molecule is CC[C@@H](C(=O)NC[C@H]1CCCO1)N(Cc1ccc(OC)cc1)C(=O)C[S@@](=O)CC(=O)Nc1ccc(OC)cc1. The molecule has 0 aromatic heterocycles. The number of nitrogens with zero attached hydrogens (tertiary/aromatic N) is 1. The third-order valence-electron chi connectivity index (χ3n) is 6.38. The number of nitrogens with one attached hydrogen (secondary N) is 2. The zero-order chi connectivity index (χ0) is 28.2. The van der Waals surface area contributed by atoms with Crippen molar-refractivity contribution in [2.24, 2.45) is 0 Å². The normalized spacial score (nSPS) is 16.1. The molecule has 0 bridgehead atoms. The molecule has 0 aliphatic carbocycles. The van der Waals surface area contributed by atoms with Crippen molar-refractivity contribution >= 4 is 34.2 Å². The van der Waals surface area contributed by atoms with E-state index in [1.54, 1.807) is 50.6 Å². The van der Waals surface area contributed by atoms with Gasteiger partial charge in [-0.3, -0.25) is 18.6 Å². The summed E-state index contributed by atoms with van der Waals surface area (Å²) >= 11 is 0. The van der Waals surface area contributed by atoms with Crippen LogP contribution in [-0.4, -0.2) is 77.9 Å². The topological polar surface area (TPSA) is 123 Å². The van der Waals surface area contributed by atoms with Crippen LogP contribution in [0.15, 0.2) is 48.5 Å². The summed E-state index contributed by atoms with van der Waals surface area (Å²) in [5, 5.41) is 5.58. The highest BCUT2D eigenvalue weighted by Crippen LogP contribution is 2.18. The van der Waals surface area contributed by atoms with Gasteiger partial charge in [-0.25, -0.2) is 0 Å². The van der Waals surface area contributed by atoms with Gasteiger partial charge >= 0.3 is 0 Å². The summed E-state index contributed by atoms with van der Waals surface area (Å²) in [6.45, 7) is 3.02. The smallest absolute Gasteiger partial charge is 0.242 e.